The van der Waals surface area contributed by atoms with Gasteiger partial charge in [0, 0.05) is 34.3 Å². The van der Waals surface area contributed by atoms with Gasteiger partial charge in [0.25, 0.3) is 0 Å². The zero-order chi connectivity index (χ0) is 16.7. The van der Waals surface area contributed by atoms with E-state index in [1.165, 1.54) is 0 Å². The van der Waals surface area contributed by atoms with Gasteiger partial charge < -0.3 is 10.6 Å². The maximum absolute atomic E-state index is 6.14. The molecule has 0 amide bonds. The summed E-state index contributed by atoms with van der Waals surface area (Å²) in [5.74, 6) is 2.51. The Bertz CT molecular complexity index is 663. The number of benzene rings is 1. The molecule has 1 aromatic heterocycles. The lowest BCUT2D eigenvalue weighted by atomic mass is 10.2. The number of nitrogens with zero attached hydrogens (tertiary/aromatic N) is 1. The van der Waals surface area contributed by atoms with Crippen LogP contribution in [0.1, 0.15) is 11.1 Å². The smallest absolute Gasteiger partial charge is 0.171 e. The van der Waals surface area contributed by atoms with E-state index in [1.54, 1.807) is 24.0 Å². The molecule has 1 aromatic carbocycles. The average molecular weight is 386 g/mol. The maximum Gasteiger partial charge on any atom is 0.171 e. The number of anilines is 1. The molecule has 0 saturated carbocycles. The van der Waals surface area contributed by atoms with Crippen LogP contribution in [0.5, 0.6) is 0 Å². The Morgan fingerprint density at radius 1 is 1.26 bits per heavy atom. The summed E-state index contributed by atoms with van der Waals surface area (Å²) in [6, 6.07) is 9.48. The molecule has 0 aliphatic rings. The quantitative estimate of drug-likeness (QED) is 0.545. The van der Waals surface area contributed by atoms with E-state index in [0.29, 0.717) is 15.2 Å². The number of aryl methyl sites for hydroxylation is 1. The van der Waals surface area contributed by atoms with Crippen molar-refractivity contribution in [2.24, 2.45) is 0 Å². The predicted octanol–water partition coefficient (Wildman–Crippen LogP) is 4.92. The normalized spacial score (nSPS) is 10.4. The van der Waals surface area contributed by atoms with Crippen LogP contribution < -0.4 is 10.6 Å². The van der Waals surface area contributed by atoms with Gasteiger partial charge in [-0.1, -0.05) is 35.3 Å². The molecule has 0 aliphatic heterocycles. The number of nitrogens with one attached hydrogen (secondary N) is 2. The number of hydrogen-bond acceptors (Lipinski definition) is 3. The number of rotatable bonds is 6. The highest BCUT2D eigenvalue weighted by atomic mass is 35.5. The first kappa shape index (κ1) is 18.3. The number of aromatic nitrogens is 1. The van der Waals surface area contributed by atoms with E-state index in [1.807, 2.05) is 31.2 Å². The molecule has 23 heavy (non-hydrogen) atoms. The van der Waals surface area contributed by atoms with E-state index < -0.39 is 0 Å². The van der Waals surface area contributed by atoms with Crippen LogP contribution in [0.25, 0.3) is 0 Å². The third-order valence-corrected chi connectivity index (χ3v) is 4.80. The molecule has 122 valence electrons. The summed E-state index contributed by atoms with van der Waals surface area (Å²) in [5.41, 5.74) is 2.21. The van der Waals surface area contributed by atoms with E-state index >= 15 is 0 Å². The molecule has 0 spiro atoms. The lowest BCUT2D eigenvalue weighted by molar-refractivity contribution is 0.988. The molecule has 0 unspecified atom stereocenters. The highest BCUT2D eigenvalue weighted by Crippen LogP contribution is 2.24. The van der Waals surface area contributed by atoms with Crippen molar-refractivity contribution in [1.82, 2.24) is 10.3 Å². The molecule has 2 aromatic rings. The summed E-state index contributed by atoms with van der Waals surface area (Å²) in [4.78, 5) is 4.25. The molecular weight excluding hydrogens is 369 g/mol. The summed E-state index contributed by atoms with van der Waals surface area (Å²) in [6.45, 7) is 2.77. The van der Waals surface area contributed by atoms with Crippen LogP contribution in [0.15, 0.2) is 36.5 Å². The minimum absolute atomic E-state index is 0.575. The summed E-state index contributed by atoms with van der Waals surface area (Å²) >= 11 is 19.0. The first-order valence-electron chi connectivity index (χ1n) is 7.04. The monoisotopic (exact) mass is 385 g/mol. The number of halogens is 2. The number of hydrogen-bond donors (Lipinski definition) is 2. The lowest BCUT2D eigenvalue weighted by Gasteiger charge is -2.10. The van der Waals surface area contributed by atoms with Crippen molar-refractivity contribution < 1.29 is 0 Å². The molecular formula is C16H17Cl2N3S2. The second-order valence-corrected chi connectivity index (χ2v) is 7.25. The first-order valence-corrected chi connectivity index (χ1v) is 9.35. The summed E-state index contributed by atoms with van der Waals surface area (Å²) in [7, 11) is 0. The number of thioether (sulfide) groups is 1. The zero-order valence-corrected chi connectivity index (χ0v) is 15.7. The predicted molar refractivity (Wildman–Crippen MR) is 106 cm³/mol. The largest absolute Gasteiger partial charge is 0.362 e. The van der Waals surface area contributed by atoms with Gasteiger partial charge in [0.15, 0.2) is 5.11 Å². The Morgan fingerprint density at radius 2 is 2.09 bits per heavy atom. The van der Waals surface area contributed by atoms with Crippen molar-refractivity contribution in [2.45, 2.75) is 12.7 Å². The van der Waals surface area contributed by atoms with E-state index in [0.717, 1.165) is 35.0 Å². The van der Waals surface area contributed by atoms with Gasteiger partial charge in [-0.25, -0.2) is 4.98 Å². The second kappa shape index (κ2) is 9.33. The van der Waals surface area contributed by atoms with Crippen molar-refractivity contribution in [3.05, 3.63) is 57.7 Å². The summed E-state index contributed by atoms with van der Waals surface area (Å²) < 4.78 is 0. The number of thiocarbonyl (C=S) groups is 1. The van der Waals surface area contributed by atoms with Crippen molar-refractivity contribution >= 4 is 58.1 Å². The highest BCUT2D eigenvalue weighted by molar-refractivity contribution is 7.98. The highest BCUT2D eigenvalue weighted by Gasteiger charge is 2.02. The molecule has 0 bridgehead atoms. The lowest BCUT2D eigenvalue weighted by Crippen LogP contribution is -2.30. The minimum atomic E-state index is 0.575. The van der Waals surface area contributed by atoms with E-state index in [2.05, 4.69) is 15.6 Å². The summed E-state index contributed by atoms with van der Waals surface area (Å²) in [5, 5.41) is 8.16. The summed E-state index contributed by atoms with van der Waals surface area (Å²) in [6.07, 6.45) is 1.80. The molecule has 0 aliphatic carbocycles. The van der Waals surface area contributed by atoms with Crippen molar-refractivity contribution in [3.63, 3.8) is 0 Å². The van der Waals surface area contributed by atoms with Crippen molar-refractivity contribution in [3.8, 4) is 0 Å². The molecule has 2 N–H and O–H groups in total. The van der Waals surface area contributed by atoms with Crippen LogP contribution in [-0.4, -0.2) is 22.4 Å². The maximum atomic E-state index is 6.14. The average Bonchev–Trinajstić information content (AvgIpc) is 2.51. The topological polar surface area (TPSA) is 37.0 Å². The third-order valence-electron chi connectivity index (χ3n) is 2.96. The van der Waals surface area contributed by atoms with Crippen LogP contribution >= 0.6 is 47.2 Å². The van der Waals surface area contributed by atoms with E-state index in [9.17, 15) is 0 Å². The van der Waals surface area contributed by atoms with E-state index in [-0.39, 0.29) is 0 Å². The fourth-order valence-electron chi connectivity index (χ4n) is 1.76. The standard InChI is InChI=1S/C16H17Cl2N3S2/c1-11-2-5-15(20-9-11)21-16(22)19-6-7-23-10-12-3-4-13(17)8-14(12)18/h2-5,8-9H,6-7,10H2,1H3,(H2,19,20,21,22). The Morgan fingerprint density at radius 3 is 2.78 bits per heavy atom. The van der Waals surface area contributed by atoms with Gasteiger partial charge in [0.1, 0.15) is 5.82 Å². The fraction of sp³-hybridized carbons (Fsp3) is 0.250. The van der Waals surface area contributed by atoms with Gasteiger partial charge in [-0.05, 0) is 48.5 Å². The number of pyridine rings is 1. The van der Waals surface area contributed by atoms with Gasteiger partial charge in [0.05, 0.1) is 0 Å². The molecule has 0 atom stereocenters. The van der Waals surface area contributed by atoms with E-state index in [4.69, 9.17) is 35.4 Å². The fourth-order valence-corrected chi connectivity index (χ4v) is 3.38. The van der Waals surface area contributed by atoms with Gasteiger partial charge in [-0.3, -0.25) is 0 Å². The zero-order valence-electron chi connectivity index (χ0n) is 12.6. The van der Waals surface area contributed by atoms with Crippen molar-refractivity contribution in [2.75, 3.05) is 17.6 Å². The third kappa shape index (κ3) is 6.55. The molecule has 0 radical (unpaired) electrons. The van der Waals surface area contributed by atoms with Gasteiger partial charge >= 0.3 is 0 Å². The van der Waals surface area contributed by atoms with Crippen LogP contribution in [0.3, 0.4) is 0 Å². The minimum Gasteiger partial charge on any atom is -0.362 e. The molecule has 7 heteroatoms. The van der Waals surface area contributed by atoms with Crippen LogP contribution in [-0.2, 0) is 5.75 Å². The molecule has 2 rings (SSSR count). The van der Waals surface area contributed by atoms with Gasteiger partial charge in [0.2, 0.25) is 0 Å². The Labute approximate surface area is 156 Å². The Kier molecular flexibility index (Phi) is 7.43. The Balaban J connectivity index is 1.65. The van der Waals surface area contributed by atoms with Gasteiger partial charge in [-0.15, -0.1) is 0 Å². The first-order chi connectivity index (χ1) is 11.0. The Hall–Kier alpha value is -1.01. The van der Waals surface area contributed by atoms with Crippen LogP contribution in [0.4, 0.5) is 5.82 Å². The SMILES string of the molecule is Cc1ccc(NC(=S)NCCSCc2ccc(Cl)cc2Cl)nc1. The molecule has 3 nitrogen and oxygen atoms in total. The molecule has 0 fully saturated rings. The van der Waals surface area contributed by atoms with Crippen LogP contribution in [0.2, 0.25) is 10.0 Å². The molecule has 1 heterocycles. The van der Waals surface area contributed by atoms with Gasteiger partial charge in [-0.2, -0.15) is 11.8 Å². The molecule has 0 saturated heterocycles. The second-order valence-electron chi connectivity index (χ2n) is 4.89. The van der Waals surface area contributed by atoms with Crippen LogP contribution in [0, 0.1) is 6.92 Å². The van der Waals surface area contributed by atoms with Crippen molar-refractivity contribution in [1.29, 1.82) is 0 Å².